The molecule has 1 N–H and O–H groups in total. The Morgan fingerprint density at radius 3 is 2.28 bits per heavy atom. The molecule has 0 saturated carbocycles. The molecule has 5 nitrogen and oxygen atoms in total. The van der Waals surface area contributed by atoms with E-state index in [2.05, 4.69) is 17.6 Å². The zero-order valence-corrected chi connectivity index (χ0v) is 19.7. The highest BCUT2D eigenvalue weighted by atomic mass is 32.2. The zero-order valence-electron chi connectivity index (χ0n) is 18.1. The molecule has 0 aliphatic carbocycles. The van der Waals surface area contributed by atoms with Crippen molar-refractivity contribution in [3.8, 4) is 0 Å². The monoisotopic (exact) mass is 468 g/mol. The molecule has 0 bridgehead atoms. The summed E-state index contributed by atoms with van der Waals surface area (Å²) in [4.78, 5) is 7.30. The number of rotatable bonds is 9. The summed E-state index contributed by atoms with van der Waals surface area (Å²) in [5.41, 5.74) is 5.26. The van der Waals surface area contributed by atoms with Gasteiger partial charge in [0.2, 0.25) is 10.0 Å². The fourth-order valence-corrected chi connectivity index (χ4v) is 6.33. The highest BCUT2D eigenvalue weighted by molar-refractivity contribution is 7.99. The highest BCUT2D eigenvalue weighted by Gasteiger charge is 2.39. The Hall–Kier alpha value is -2.16. The van der Waals surface area contributed by atoms with E-state index >= 15 is 0 Å². The van der Waals surface area contributed by atoms with E-state index in [-0.39, 0.29) is 12.0 Å². The molecule has 0 spiro atoms. The van der Waals surface area contributed by atoms with E-state index in [4.69, 9.17) is 4.84 Å². The second-order valence-electron chi connectivity index (χ2n) is 8.02. The van der Waals surface area contributed by atoms with Crippen molar-refractivity contribution in [3.63, 3.8) is 0 Å². The Morgan fingerprint density at radius 1 is 0.938 bits per heavy atom. The standard InChI is InChI=1S/C25H28N2O3S2/c1-20-12-14-24(15-13-20)32(28,29)27-16-22(19-31-23-10-6-3-7-11-23)25(17-27)26-30-18-21-8-4-2-5-9-21/h2-15,22,25-26H,16-19H2,1H3/t22-,25-/m1/s1. The average molecular weight is 469 g/mol. The number of hydrogen-bond donors (Lipinski definition) is 1. The third-order valence-corrected chi connectivity index (χ3v) is 8.64. The summed E-state index contributed by atoms with van der Waals surface area (Å²) in [7, 11) is -3.55. The first-order valence-electron chi connectivity index (χ1n) is 10.7. The van der Waals surface area contributed by atoms with E-state index in [9.17, 15) is 8.42 Å². The van der Waals surface area contributed by atoms with Crippen molar-refractivity contribution >= 4 is 21.8 Å². The number of benzene rings is 3. The van der Waals surface area contributed by atoms with Gasteiger partial charge >= 0.3 is 0 Å². The molecule has 1 heterocycles. The minimum atomic E-state index is -3.55. The van der Waals surface area contributed by atoms with Crippen LogP contribution in [-0.2, 0) is 21.5 Å². The first-order chi connectivity index (χ1) is 15.5. The fourth-order valence-electron chi connectivity index (χ4n) is 3.72. The number of aryl methyl sites for hydroxylation is 1. The molecule has 2 atom stereocenters. The van der Waals surface area contributed by atoms with Gasteiger partial charge < -0.3 is 0 Å². The van der Waals surface area contributed by atoms with Gasteiger partial charge in [0.05, 0.1) is 17.5 Å². The van der Waals surface area contributed by atoms with Crippen LogP contribution in [0.3, 0.4) is 0 Å². The Labute approximate surface area is 194 Å². The molecule has 0 aromatic heterocycles. The highest BCUT2D eigenvalue weighted by Crippen LogP contribution is 2.30. The molecule has 3 aromatic carbocycles. The lowest BCUT2D eigenvalue weighted by Gasteiger charge is -2.19. The quantitative estimate of drug-likeness (QED) is 0.370. The van der Waals surface area contributed by atoms with Gasteiger partial charge in [0.25, 0.3) is 0 Å². The van der Waals surface area contributed by atoms with Crippen molar-refractivity contribution in [1.29, 1.82) is 0 Å². The second kappa shape index (κ2) is 10.6. The normalized spacial score (nSPS) is 19.3. The molecule has 7 heteroatoms. The van der Waals surface area contributed by atoms with Crippen LogP contribution in [0, 0.1) is 12.8 Å². The molecular weight excluding hydrogens is 440 g/mol. The van der Waals surface area contributed by atoms with Gasteiger partial charge in [-0.05, 0) is 36.8 Å². The molecule has 1 fully saturated rings. The van der Waals surface area contributed by atoms with Crippen molar-refractivity contribution in [1.82, 2.24) is 9.79 Å². The van der Waals surface area contributed by atoms with E-state index in [1.807, 2.05) is 67.6 Å². The number of nitrogens with one attached hydrogen (secondary N) is 1. The van der Waals surface area contributed by atoms with Crippen molar-refractivity contribution in [3.05, 3.63) is 96.1 Å². The third kappa shape index (κ3) is 5.79. The average Bonchev–Trinajstić information content (AvgIpc) is 3.23. The molecule has 1 aliphatic heterocycles. The van der Waals surface area contributed by atoms with Crippen LogP contribution in [0.5, 0.6) is 0 Å². The van der Waals surface area contributed by atoms with Crippen LogP contribution < -0.4 is 5.48 Å². The van der Waals surface area contributed by atoms with Crippen LogP contribution in [0.1, 0.15) is 11.1 Å². The molecule has 1 saturated heterocycles. The predicted octanol–water partition coefficient (Wildman–Crippen LogP) is 4.50. The summed E-state index contributed by atoms with van der Waals surface area (Å²) in [5, 5.41) is 0. The van der Waals surface area contributed by atoms with Crippen molar-refractivity contribution < 1.29 is 13.3 Å². The lowest BCUT2D eigenvalue weighted by Crippen LogP contribution is -2.37. The van der Waals surface area contributed by atoms with Crippen LogP contribution in [0.2, 0.25) is 0 Å². The van der Waals surface area contributed by atoms with Crippen molar-refractivity contribution in [2.75, 3.05) is 18.8 Å². The first-order valence-corrected chi connectivity index (χ1v) is 13.1. The Kier molecular flexibility index (Phi) is 7.65. The van der Waals surface area contributed by atoms with E-state index in [0.29, 0.717) is 24.6 Å². The summed E-state index contributed by atoms with van der Waals surface area (Å²) in [6.45, 7) is 3.22. The van der Waals surface area contributed by atoms with E-state index in [1.54, 1.807) is 28.2 Å². The molecule has 1 aliphatic rings. The smallest absolute Gasteiger partial charge is 0.243 e. The minimum absolute atomic E-state index is 0.0878. The van der Waals surface area contributed by atoms with Crippen LogP contribution in [0.15, 0.2) is 94.7 Å². The van der Waals surface area contributed by atoms with Crippen molar-refractivity contribution in [2.24, 2.45) is 5.92 Å². The van der Waals surface area contributed by atoms with Crippen molar-refractivity contribution in [2.45, 2.75) is 29.4 Å². The number of hydroxylamine groups is 1. The SMILES string of the molecule is Cc1ccc(S(=O)(=O)N2C[C@H](CSc3ccccc3)[C@H](NOCc3ccccc3)C2)cc1. The molecule has 4 rings (SSSR count). The van der Waals surface area contributed by atoms with Crippen LogP contribution in [0.4, 0.5) is 0 Å². The van der Waals surface area contributed by atoms with Gasteiger partial charge in [-0.1, -0.05) is 66.2 Å². The number of sulfonamides is 1. The summed E-state index contributed by atoms with van der Waals surface area (Å²) in [6.07, 6.45) is 0. The van der Waals surface area contributed by atoms with Gasteiger partial charge in [0.15, 0.2) is 0 Å². The van der Waals surface area contributed by atoms with Crippen LogP contribution >= 0.6 is 11.8 Å². The van der Waals surface area contributed by atoms with Gasteiger partial charge in [-0.2, -0.15) is 9.79 Å². The van der Waals surface area contributed by atoms with Crippen LogP contribution in [0.25, 0.3) is 0 Å². The number of thioether (sulfide) groups is 1. The molecule has 32 heavy (non-hydrogen) atoms. The van der Waals surface area contributed by atoms with E-state index in [1.165, 1.54) is 4.90 Å². The van der Waals surface area contributed by atoms with Crippen LogP contribution in [-0.4, -0.2) is 37.6 Å². The number of hydrogen-bond acceptors (Lipinski definition) is 5. The maximum Gasteiger partial charge on any atom is 0.243 e. The molecule has 3 aromatic rings. The zero-order chi connectivity index (χ0) is 22.4. The first kappa shape index (κ1) is 23.0. The van der Waals surface area contributed by atoms with Gasteiger partial charge in [-0.15, -0.1) is 11.8 Å². The second-order valence-corrected chi connectivity index (χ2v) is 11.0. The predicted molar refractivity (Wildman–Crippen MR) is 129 cm³/mol. The van der Waals surface area contributed by atoms with Gasteiger partial charge in [-0.25, -0.2) is 8.42 Å². The minimum Gasteiger partial charge on any atom is -0.297 e. The third-order valence-electron chi connectivity index (χ3n) is 5.59. The molecule has 0 radical (unpaired) electrons. The summed E-state index contributed by atoms with van der Waals surface area (Å²) < 4.78 is 28.1. The maximum absolute atomic E-state index is 13.3. The Balaban J connectivity index is 1.45. The molecule has 0 amide bonds. The topological polar surface area (TPSA) is 58.6 Å². The maximum atomic E-state index is 13.3. The van der Waals surface area contributed by atoms with Gasteiger partial charge in [0.1, 0.15) is 0 Å². The Bertz CT molecular complexity index is 1090. The van der Waals surface area contributed by atoms with Gasteiger partial charge in [-0.3, -0.25) is 4.84 Å². The molecule has 168 valence electrons. The van der Waals surface area contributed by atoms with E-state index in [0.717, 1.165) is 16.9 Å². The Morgan fingerprint density at radius 2 is 1.59 bits per heavy atom. The fraction of sp³-hybridized carbons (Fsp3) is 0.280. The lowest BCUT2D eigenvalue weighted by molar-refractivity contribution is -0.000192. The molecule has 0 unspecified atom stereocenters. The van der Waals surface area contributed by atoms with Gasteiger partial charge in [0, 0.05) is 29.7 Å². The molecular formula is C25H28N2O3S2. The number of nitrogens with zero attached hydrogens (tertiary/aromatic N) is 1. The largest absolute Gasteiger partial charge is 0.297 e. The lowest BCUT2D eigenvalue weighted by atomic mass is 10.1. The van der Waals surface area contributed by atoms with E-state index < -0.39 is 10.0 Å². The summed E-state index contributed by atoms with van der Waals surface area (Å²) >= 11 is 1.74. The summed E-state index contributed by atoms with van der Waals surface area (Å²) in [6, 6.07) is 27.1. The summed E-state index contributed by atoms with van der Waals surface area (Å²) in [5.74, 6) is 0.923.